The molecular weight excluding hydrogens is 366 g/mol. The van der Waals surface area contributed by atoms with Gasteiger partial charge in [0.15, 0.2) is 6.61 Å². The van der Waals surface area contributed by atoms with Crippen LogP contribution in [0.15, 0.2) is 53.6 Å². The van der Waals surface area contributed by atoms with E-state index in [1.807, 2.05) is 24.3 Å². The Bertz CT molecular complexity index is 882. The van der Waals surface area contributed by atoms with Gasteiger partial charge in [0.25, 0.3) is 5.91 Å². The van der Waals surface area contributed by atoms with E-state index in [4.69, 9.17) is 16.3 Å². The number of carbonyl (C=O) groups is 2. The topological polar surface area (TPSA) is 71.0 Å². The lowest BCUT2D eigenvalue weighted by atomic mass is 10.1. The number of nitrogens with zero attached hydrogens (tertiary/aromatic N) is 2. The molecule has 2 aromatic rings. The van der Waals surface area contributed by atoms with Crippen molar-refractivity contribution >= 4 is 34.8 Å². The van der Waals surface area contributed by atoms with Crippen LogP contribution < -0.4 is 15.1 Å². The molecule has 6 nitrogen and oxygen atoms in total. The maximum Gasteiger partial charge on any atom is 0.277 e. The zero-order chi connectivity index (χ0) is 19.2. The van der Waals surface area contributed by atoms with Gasteiger partial charge in [-0.15, -0.1) is 0 Å². The van der Waals surface area contributed by atoms with Gasteiger partial charge < -0.3 is 9.64 Å². The average Bonchev–Trinajstić information content (AvgIpc) is 3.11. The molecule has 0 unspecified atom stereocenters. The van der Waals surface area contributed by atoms with Gasteiger partial charge >= 0.3 is 0 Å². The molecule has 3 rings (SSSR count). The predicted octanol–water partition coefficient (Wildman–Crippen LogP) is 3.39. The molecule has 0 saturated carbocycles. The van der Waals surface area contributed by atoms with E-state index in [0.717, 1.165) is 24.2 Å². The summed E-state index contributed by atoms with van der Waals surface area (Å²) in [5.74, 6) is 0.185. The van der Waals surface area contributed by atoms with Gasteiger partial charge in [-0.25, -0.2) is 5.43 Å². The Labute approximate surface area is 162 Å². The number of carbonyl (C=O) groups excluding carboxylic acids is 2. The molecule has 0 atom stereocenters. The maximum atomic E-state index is 11.9. The molecule has 1 heterocycles. The zero-order valence-electron chi connectivity index (χ0n) is 14.9. The number of hydrogen-bond acceptors (Lipinski definition) is 4. The van der Waals surface area contributed by atoms with E-state index in [-0.39, 0.29) is 18.4 Å². The minimum absolute atomic E-state index is 0.131. The summed E-state index contributed by atoms with van der Waals surface area (Å²) >= 11 is 5.98. The number of amides is 2. The van der Waals surface area contributed by atoms with Gasteiger partial charge in [-0.1, -0.05) is 35.9 Å². The van der Waals surface area contributed by atoms with Crippen LogP contribution >= 0.6 is 11.6 Å². The Morgan fingerprint density at radius 1 is 1.26 bits per heavy atom. The second-order valence-corrected chi connectivity index (χ2v) is 6.56. The molecule has 7 heteroatoms. The summed E-state index contributed by atoms with van der Waals surface area (Å²) in [5, 5.41) is 4.56. The van der Waals surface area contributed by atoms with Crippen molar-refractivity contribution in [1.82, 2.24) is 5.43 Å². The van der Waals surface area contributed by atoms with Crippen molar-refractivity contribution in [1.29, 1.82) is 0 Å². The quantitative estimate of drug-likeness (QED) is 0.612. The molecular formula is C20H20ClN3O3. The Kier molecular flexibility index (Phi) is 6.08. The summed E-state index contributed by atoms with van der Waals surface area (Å²) in [6.45, 7) is 2.33. The maximum absolute atomic E-state index is 11.9. The van der Waals surface area contributed by atoms with Crippen molar-refractivity contribution < 1.29 is 14.3 Å². The highest BCUT2D eigenvalue weighted by Crippen LogP contribution is 2.23. The van der Waals surface area contributed by atoms with E-state index < -0.39 is 0 Å². The predicted molar refractivity (Wildman–Crippen MR) is 105 cm³/mol. The molecule has 1 aliphatic rings. The van der Waals surface area contributed by atoms with Crippen molar-refractivity contribution in [2.45, 2.75) is 19.8 Å². The summed E-state index contributed by atoms with van der Waals surface area (Å²) in [5.41, 5.74) is 4.78. The number of benzene rings is 2. The van der Waals surface area contributed by atoms with Crippen LogP contribution in [0.3, 0.4) is 0 Å². The van der Waals surface area contributed by atoms with Crippen LogP contribution in [-0.4, -0.2) is 30.7 Å². The van der Waals surface area contributed by atoms with Crippen LogP contribution in [0.25, 0.3) is 0 Å². The molecule has 1 saturated heterocycles. The summed E-state index contributed by atoms with van der Waals surface area (Å²) in [7, 11) is 0. The molecule has 0 aromatic heterocycles. The molecule has 0 spiro atoms. The summed E-state index contributed by atoms with van der Waals surface area (Å²) < 4.78 is 5.38. The number of hydrazone groups is 1. The van der Waals surface area contributed by atoms with E-state index in [1.165, 1.54) is 0 Å². The Hall–Kier alpha value is -2.86. The van der Waals surface area contributed by atoms with Crippen molar-refractivity contribution in [2.75, 3.05) is 18.1 Å². The third-order valence-electron chi connectivity index (χ3n) is 4.19. The molecule has 1 fully saturated rings. The van der Waals surface area contributed by atoms with E-state index in [2.05, 4.69) is 10.5 Å². The third kappa shape index (κ3) is 4.86. The van der Waals surface area contributed by atoms with Crippen molar-refractivity contribution in [2.24, 2.45) is 5.10 Å². The molecule has 2 aromatic carbocycles. The van der Waals surface area contributed by atoms with Crippen LogP contribution in [0.4, 0.5) is 5.69 Å². The molecule has 0 aliphatic carbocycles. The monoisotopic (exact) mass is 385 g/mol. The summed E-state index contributed by atoms with van der Waals surface area (Å²) in [4.78, 5) is 25.6. The van der Waals surface area contributed by atoms with Crippen molar-refractivity contribution in [3.8, 4) is 5.75 Å². The number of para-hydroxylation sites is 1. The molecule has 1 N–H and O–H groups in total. The second-order valence-electron chi connectivity index (χ2n) is 6.15. The normalized spacial score (nSPS) is 14.4. The number of nitrogens with one attached hydrogen (secondary N) is 1. The van der Waals surface area contributed by atoms with Crippen LogP contribution in [0.2, 0.25) is 5.02 Å². The molecule has 0 bridgehead atoms. The molecule has 140 valence electrons. The van der Waals surface area contributed by atoms with Gasteiger partial charge in [0.1, 0.15) is 5.75 Å². The minimum Gasteiger partial charge on any atom is -0.482 e. The fourth-order valence-corrected chi connectivity index (χ4v) is 2.96. The number of anilines is 1. The lowest BCUT2D eigenvalue weighted by molar-refractivity contribution is -0.123. The van der Waals surface area contributed by atoms with E-state index in [0.29, 0.717) is 22.9 Å². The number of halogens is 1. The first-order valence-electron chi connectivity index (χ1n) is 8.66. The van der Waals surface area contributed by atoms with E-state index >= 15 is 0 Å². The Balaban J connectivity index is 1.59. The summed E-state index contributed by atoms with van der Waals surface area (Å²) in [6, 6.07) is 14.5. The smallest absolute Gasteiger partial charge is 0.277 e. The highest BCUT2D eigenvalue weighted by Gasteiger charge is 2.21. The standard InChI is InChI=1S/C20H20ClN3O3/c1-14(15-6-4-7-16(12-15)24-11-5-10-20(24)26)22-23-19(25)13-27-18-9-3-2-8-17(18)21/h2-4,6-9,12H,5,10-11,13H2,1H3,(H,23,25)/b22-14-. The zero-order valence-corrected chi connectivity index (χ0v) is 15.7. The van der Waals surface area contributed by atoms with Gasteiger partial charge in [-0.3, -0.25) is 9.59 Å². The highest BCUT2D eigenvalue weighted by molar-refractivity contribution is 6.32. The SMILES string of the molecule is C/C(=N/NC(=O)COc1ccccc1Cl)c1cccc(N2CCCC2=O)c1. The van der Waals surface area contributed by atoms with Gasteiger partial charge in [0, 0.05) is 18.7 Å². The Morgan fingerprint density at radius 2 is 2.07 bits per heavy atom. The first-order chi connectivity index (χ1) is 13.0. The van der Waals surface area contributed by atoms with Gasteiger partial charge in [0.2, 0.25) is 5.91 Å². The lowest BCUT2D eigenvalue weighted by Crippen LogP contribution is -2.26. The Morgan fingerprint density at radius 3 is 2.81 bits per heavy atom. The fourth-order valence-electron chi connectivity index (χ4n) is 2.77. The molecule has 27 heavy (non-hydrogen) atoms. The van der Waals surface area contributed by atoms with Gasteiger partial charge in [-0.05, 0) is 43.2 Å². The second kappa shape index (κ2) is 8.68. The lowest BCUT2D eigenvalue weighted by Gasteiger charge is -2.16. The van der Waals surface area contributed by atoms with Crippen LogP contribution in [-0.2, 0) is 9.59 Å². The van der Waals surface area contributed by atoms with Crippen LogP contribution in [0, 0.1) is 0 Å². The van der Waals surface area contributed by atoms with Gasteiger partial charge in [-0.2, -0.15) is 5.10 Å². The largest absolute Gasteiger partial charge is 0.482 e. The van der Waals surface area contributed by atoms with E-state index in [9.17, 15) is 9.59 Å². The minimum atomic E-state index is -0.389. The molecule has 2 amide bonds. The van der Waals surface area contributed by atoms with Crippen LogP contribution in [0.5, 0.6) is 5.75 Å². The highest BCUT2D eigenvalue weighted by atomic mass is 35.5. The molecule has 0 radical (unpaired) electrons. The van der Waals surface area contributed by atoms with Gasteiger partial charge in [0.05, 0.1) is 10.7 Å². The first kappa shape index (κ1) is 18.9. The van der Waals surface area contributed by atoms with Crippen LogP contribution in [0.1, 0.15) is 25.3 Å². The van der Waals surface area contributed by atoms with E-state index in [1.54, 1.807) is 36.1 Å². The first-order valence-corrected chi connectivity index (χ1v) is 9.03. The third-order valence-corrected chi connectivity index (χ3v) is 4.50. The average molecular weight is 386 g/mol. The fraction of sp³-hybridized carbons (Fsp3) is 0.250. The number of hydrogen-bond donors (Lipinski definition) is 1. The number of ether oxygens (including phenoxy) is 1. The summed E-state index contributed by atoms with van der Waals surface area (Å²) in [6.07, 6.45) is 1.45. The van der Waals surface area contributed by atoms with Crippen molar-refractivity contribution in [3.63, 3.8) is 0 Å². The van der Waals surface area contributed by atoms with Crippen molar-refractivity contribution in [3.05, 3.63) is 59.1 Å². The molecule has 1 aliphatic heterocycles. The number of rotatable bonds is 6.